The van der Waals surface area contributed by atoms with Crippen LogP contribution in [0, 0.1) is 0 Å². The zero-order valence-corrected chi connectivity index (χ0v) is 13.7. The molecule has 0 rings (SSSR count). The summed E-state index contributed by atoms with van der Waals surface area (Å²) in [6.45, 7) is 5.16. The van der Waals surface area contributed by atoms with Crippen LogP contribution in [0.3, 0.4) is 0 Å². The molecule has 0 aliphatic carbocycles. The normalized spacial score (nSPS) is 13.8. The van der Waals surface area contributed by atoms with Crippen molar-refractivity contribution in [2.24, 2.45) is 0 Å². The molecule has 0 aromatic carbocycles. The lowest BCUT2D eigenvalue weighted by Crippen LogP contribution is -2.46. The molecule has 0 heterocycles. The van der Waals surface area contributed by atoms with Crippen molar-refractivity contribution in [3.63, 3.8) is 0 Å². The Morgan fingerprint density at radius 1 is 0.889 bits per heavy atom. The highest BCUT2D eigenvalue weighted by Gasteiger charge is 2.40. The Kier molecular flexibility index (Phi) is 11.0. The number of rotatable bonds is 12. The average Bonchev–Trinajstić information content (AvgIpc) is 2.43. The Balaban J connectivity index is 4.00. The van der Waals surface area contributed by atoms with Gasteiger partial charge in [-0.2, -0.15) is 0 Å². The summed E-state index contributed by atoms with van der Waals surface area (Å²) in [5.41, 5.74) is 0. The van der Waals surface area contributed by atoms with Gasteiger partial charge >= 0.3 is 8.80 Å². The molecular formula is C13H30O4Si. The Morgan fingerprint density at radius 2 is 1.50 bits per heavy atom. The van der Waals surface area contributed by atoms with Crippen LogP contribution < -0.4 is 0 Å². The zero-order valence-electron chi connectivity index (χ0n) is 12.7. The third kappa shape index (κ3) is 6.85. The first kappa shape index (κ1) is 18.1. The molecule has 5 heteroatoms. The van der Waals surface area contributed by atoms with Crippen molar-refractivity contribution in [2.75, 3.05) is 27.9 Å². The predicted molar refractivity (Wildman–Crippen MR) is 75.8 cm³/mol. The fourth-order valence-corrected chi connectivity index (χ4v) is 3.84. The number of hydrogen-bond donors (Lipinski definition) is 0. The highest BCUT2D eigenvalue weighted by atomic mass is 28.4. The number of ether oxygens (including phenoxy) is 1. The van der Waals surface area contributed by atoms with Crippen LogP contribution in [0.5, 0.6) is 0 Å². The Hall–Kier alpha value is 0.0569. The van der Waals surface area contributed by atoms with Crippen molar-refractivity contribution in [1.82, 2.24) is 0 Å². The third-order valence-electron chi connectivity index (χ3n) is 3.22. The van der Waals surface area contributed by atoms with Gasteiger partial charge in [-0.25, -0.2) is 0 Å². The first-order chi connectivity index (χ1) is 8.67. The summed E-state index contributed by atoms with van der Waals surface area (Å²) in [6.07, 6.45) is 6.04. The summed E-state index contributed by atoms with van der Waals surface area (Å²) < 4.78 is 22.2. The molecular weight excluding hydrogens is 248 g/mol. The van der Waals surface area contributed by atoms with Gasteiger partial charge in [-0.05, 0) is 12.8 Å². The fourth-order valence-electron chi connectivity index (χ4n) is 1.88. The van der Waals surface area contributed by atoms with Crippen LogP contribution in [-0.2, 0) is 18.0 Å². The largest absolute Gasteiger partial charge is 0.502 e. The lowest BCUT2D eigenvalue weighted by molar-refractivity contribution is 0.0378. The van der Waals surface area contributed by atoms with Gasteiger partial charge in [-0.15, -0.1) is 0 Å². The van der Waals surface area contributed by atoms with E-state index in [1.807, 2.05) is 0 Å². The van der Waals surface area contributed by atoms with E-state index in [1.54, 1.807) is 21.3 Å². The van der Waals surface area contributed by atoms with Crippen molar-refractivity contribution in [2.45, 2.75) is 58.1 Å². The Labute approximate surface area is 113 Å². The summed E-state index contributed by atoms with van der Waals surface area (Å²) in [4.78, 5) is 0. The van der Waals surface area contributed by atoms with Gasteiger partial charge in [0, 0.05) is 34.0 Å². The Bertz CT molecular complexity index is 178. The second kappa shape index (κ2) is 10.9. The lowest BCUT2D eigenvalue weighted by atomic mass is 10.2. The van der Waals surface area contributed by atoms with Gasteiger partial charge in [0.25, 0.3) is 0 Å². The van der Waals surface area contributed by atoms with Crippen molar-refractivity contribution >= 4 is 8.80 Å². The molecule has 0 aromatic rings. The van der Waals surface area contributed by atoms with Gasteiger partial charge in [0.05, 0.1) is 6.10 Å². The van der Waals surface area contributed by atoms with E-state index in [2.05, 4.69) is 13.8 Å². The molecule has 18 heavy (non-hydrogen) atoms. The molecule has 0 amide bonds. The molecule has 1 atom stereocenters. The molecule has 110 valence electrons. The average molecular weight is 278 g/mol. The zero-order chi connectivity index (χ0) is 13.9. The van der Waals surface area contributed by atoms with Crippen molar-refractivity contribution < 1.29 is 18.0 Å². The van der Waals surface area contributed by atoms with Gasteiger partial charge in [0.15, 0.2) is 0 Å². The molecule has 0 aliphatic rings. The molecule has 0 saturated heterocycles. The molecule has 0 radical (unpaired) electrons. The van der Waals surface area contributed by atoms with E-state index in [4.69, 9.17) is 18.0 Å². The van der Waals surface area contributed by atoms with E-state index in [0.717, 1.165) is 25.5 Å². The summed E-state index contributed by atoms with van der Waals surface area (Å²) in [6, 6.07) is 0.723. The summed E-state index contributed by atoms with van der Waals surface area (Å²) >= 11 is 0. The van der Waals surface area contributed by atoms with Crippen LogP contribution in [-0.4, -0.2) is 42.8 Å². The predicted octanol–water partition coefficient (Wildman–Crippen LogP) is 3.24. The highest BCUT2D eigenvalue weighted by Crippen LogP contribution is 2.19. The summed E-state index contributed by atoms with van der Waals surface area (Å²) in [7, 11) is 2.44. The molecule has 0 spiro atoms. The Morgan fingerprint density at radius 3 is 1.94 bits per heavy atom. The SMILES string of the molecule is CCCCCCOC(CC)C[Si](OC)(OC)OC. The maximum absolute atomic E-state index is 5.89. The molecule has 4 nitrogen and oxygen atoms in total. The topological polar surface area (TPSA) is 36.9 Å². The molecule has 0 saturated carbocycles. The number of unbranched alkanes of at least 4 members (excludes halogenated alkanes) is 3. The first-order valence-electron chi connectivity index (χ1n) is 6.95. The van der Waals surface area contributed by atoms with Crippen LogP contribution in [0.2, 0.25) is 6.04 Å². The molecule has 0 fully saturated rings. The van der Waals surface area contributed by atoms with Crippen LogP contribution in [0.4, 0.5) is 0 Å². The summed E-state index contributed by atoms with van der Waals surface area (Å²) in [5, 5.41) is 0. The van der Waals surface area contributed by atoms with Crippen LogP contribution in [0.25, 0.3) is 0 Å². The molecule has 1 unspecified atom stereocenters. The second-order valence-corrected chi connectivity index (χ2v) is 7.46. The van der Waals surface area contributed by atoms with Crippen LogP contribution >= 0.6 is 0 Å². The lowest BCUT2D eigenvalue weighted by Gasteiger charge is -2.28. The van der Waals surface area contributed by atoms with Crippen molar-refractivity contribution in [3.8, 4) is 0 Å². The minimum atomic E-state index is -2.50. The second-order valence-electron chi connectivity index (χ2n) is 4.46. The van der Waals surface area contributed by atoms with E-state index in [-0.39, 0.29) is 6.10 Å². The van der Waals surface area contributed by atoms with E-state index in [0.29, 0.717) is 0 Å². The van der Waals surface area contributed by atoms with E-state index < -0.39 is 8.80 Å². The standard InChI is InChI=1S/C13H30O4Si/c1-6-8-9-10-11-17-13(7-2)12-18(14-3,15-4)16-5/h13H,6-12H2,1-5H3. The smallest absolute Gasteiger partial charge is 0.378 e. The minimum Gasteiger partial charge on any atom is -0.378 e. The van der Waals surface area contributed by atoms with Gasteiger partial charge in [0.1, 0.15) is 0 Å². The number of hydrogen-bond acceptors (Lipinski definition) is 4. The van der Waals surface area contributed by atoms with Crippen LogP contribution in [0.1, 0.15) is 46.0 Å². The molecule has 0 aromatic heterocycles. The van der Waals surface area contributed by atoms with Gasteiger partial charge in [-0.1, -0.05) is 33.1 Å². The fraction of sp³-hybridized carbons (Fsp3) is 1.00. The van der Waals surface area contributed by atoms with E-state index in [9.17, 15) is 0 Å². The molecule has 0 N–H and O–H groups in total. The van der Waals surface area contributed by atoms with E-state index in [1.165, 1.54) is 19.3 Å². The van der Waals surface area contributed by atoms with E-state index >= 15 is 0 Å². The monoisotopic (exact) mass is 278 g/mol. The maximum atomic E-state index is 5.89. The van der Waals surface area contributed by atoms with Gasteiger partial charge in [-0.3, -0.25) is 0 Å². The molecule has 0 bridgehead atoms. The van der Waals surface area contributed by atoms with Crippen LogP contribution in [0.15, 0.2) is 0 Å². The summed E-state index contributed by atoms with van der Waals surface area (Å²) in [5.74, 6) is 0. The van der Waals surface area contributed by atoms with Crippen molar-refractivity contribution in [1.29, 1.82) is 0 Å². The minimum absolute atomic E-state index is 0.165. The quantitative estimate of drug-likeness (QED) is 0.406. The third-order valence-corrected chi connectivity index (χ3v) is 6.04. The first-order valence-corrected chi connectivity index (χ1v) is 8.88. The van der Waals surface area contributed by atoms with Crippen molar-refractivity contribution in [3.05, 3.63) is 0 Å². The highest BCUT2D eigenvalue weighted by molar-refractivity contribution is 6.60. The van der Waals surface area contributed by atoms with Gasteiger partial charge < -0.3 is 18.0 Å². The van der Waals surface area contributed by atoms with Gasteiger partial charge in [0.2, 0.25) is 0 Å². The molecule has 0 aliphatic heterocycles. The maximum Gasteiger partial charge on any atom is 0.502 e.